The lowest BCUT2D eigenvalue weighted by Gasteiger charge is -2.11. The van der Waals surface area contributed by atoms with E-state index in [0.717, 1.165) is 11.3 Å². The lowest BCUT2D eigenvalue weighted by Crippen LogP contribution is -2.32. The third kappa shape index (κ3) is 3.92. The molecule has 0 aliphatic heterocycles. The molecule has 4 aromatic rings. The number of ether oxygens (including phenoxy) is 2. The van der Waals surface area contributed by atoms with E-state index in [4.69, 9.17) is 9.47 Å². The van der Waals surface area contributed by atoms with Gasteiger partial charge < -0.3 is 14.5 Å². The van der Waals surface area contributed by atoms with Crippen molar-refractivity contribution in [2.24, 2.45) is 0 Å². The highest BCUT2D eigenvalue weighted by molar-refractivity contribution is 5.89. The van der Waals surface area contributed by atoms with Crippen LogP contribution in [0, 0.1) is 12.7 Å². The van der Waals surface area contributed by atoms with E-state index >= 15 is 0 Å². The number of benzene rings is 1. The fraction of sp³-hybridized carbons (Fsp3) is 0.333. The Kier molecular flexibility index (Phi) is 5.54. The molecule has 10 nitrogen and oxygen atoms in total. The number of nitrogens with one attached hydrogen (secondary N) is 1. The van der Waals surface area contributed by atoms with Gasteiger partial charge in [-0.2, -0.15) is 5.10 Å². The fourth-order valence-corrected chi connectivity index (χ4v) is 4.04. The summed E-state index contributed by atoms with van der Waals surface area (Å²) < 4.78 is 26.4. The van der Waals surface area contributed by atoms with Crippen LogP contribution in [0.25, 0.3) is 22.6 Å². The van der Waals surface area contributed by atoms with Gasteiger partial charge in [-0.25, -0.2) is 14.1 Å². The number of methoxy groups -OCH3 is 1. The van der Waals surface area contributed by atoms with Gasteiger partial charge in [-0.3, -0.25) is 9.59 Å². The predicted molar refractivity (Wildman–Crippen MR) is 124 cm³/mol. The van der Waals surface area contributed by atoms with Gasteiger partial charge in [-0.1, -0.05) is 12.1 Å². The monoisotopic (exact) mass is 478 g/mol. The van der Waals surface area contributed by atoms with Crippen molar-refractivity contribution in [3.8, 4) is 17.3 Å². The van der Waals surface area contributed by atoms with E-state index in [1.54, 1.807) is 25.6 Å². The summed E-state index contributed by atoms with van der Waals surface area (Å²) >= 11 is 0. The van der Waals surface area contributed by atoms with Gasteiger partial charge in [0, 0.05) is 0 Å². The molecule has 35 heavy (non-hydrogen) atoms. The van der Waals surface area contributed by atoms with E-state index in [0.29, 0.717) is 30.4 Å². The summed E-state index contributed by atoms with van der Waals surface area (Å²) in [5.41, 5.74) is 0.213. The quantitative estimate of drug-likeness (QED) is 0.402. The SMILES string of the molecule is CCOC(=O)C1(c2nnc(-c3nn(Cc4ccc(OC)cc4)c4nc(C)c(F)cc34)[nH]c2=O)CC1. The Hall–Kier alpha value is -4.15. The van der Waals surface area contributed by atoms with E-state index in [1.807, 2.05) is 24.3 Å². The molecule has 0 radical (unpaired) electrons. The smallest absolute Gasteiger partial charge is 0.318 e. The van der Waals surface area contributed by atoms with Crippen molar-refractivity contribution in [3.05, 3.63) is 63.5 Å². The van der Waals surface area contributed by atoms with Crippen LogP contribution in [-0.2, 0) is 21.5 Å². The first-order valence-electron chi connectivity index (χ1n) is 11.2. The van der Waals surface area contributed by atoms with Gasteiger partial charge in [0.25, 0.3) is 5.56 Å². The number of esters is 1. The van der Waals surface area contributed by atoms with Gasteiger partial charge in [-0.05, 0) is 50.5 Å². The molecule has 1 fully saturated rings. The molecule has 3 heterocycles. The number of aromatic nitrogens is 6. The second kappa shape index (κ2) is 8.57. The number of pyridine rings is 1. The molecule has 0 bridgehead atoms. The summed E-state index contributed by atoms with van der Waals surface area (Å²) in [6, 6.07) is 8.77. The third-order valence-electron chi connectivity index (χ3n) is 6.13. The zero-order valence-corrected chi connectivity index (χ0v) is 19.5. The Morgan fingerprint density at radius 3 is 2.60 bits per heavy atom. The van der Waals surface area contributed by atoms with Crippen LogP contribution >= 0.6 is 0 Å². The summed E-state index contributed by atoms with van der Waals surface area (Å²) in [6.07, 6.45) is 0.938. The maximum Gasteiger partial charge on any atom is 0.318 e. The minimum atomic E-state index is -1.06. The largest absolute Gasteiger partial charge is 0.497 e. The molecule has 11 heteroatoms. The molecule has 1 aliphatic rings. The van der Waals surface area contributed by atoms with Gasteiger partial charge in [0.15, 0.2) is 11.5 Å². The summed E-state index contributed by atoms with van der Waals surface area (Å²) in [6.45, 7) is 3.83. The number of hydrogen-bond donors (Lipinski definition) is 1. The molecule has 0 amide bonds. The Labute approximate surface area is 199 Å². The van der Waals surface area contributed by atoms with Crippen LogP contribution in [0.1, 0.15) is 36.7 Å². The summed E-state index contributed by atoms with van der Waals surface area (Å²) in [7, 11) is 1.59. The van der Waals surface area contributed by atoms with E-state index in [2.05, 4.69) is 25.3 Å². The maximum absolute atomic E-state index is 14.5. The molecule has 0 unspecified atom stereocenters. The number of nitrogens with zero attached hydrogens (tertiary/aromatic N) is 5. The number of rotatable bonds is 7. The molecule has 1 aromatic carbocycles. The highest BCUT2D eigenvalue weighted by Crippen LogP contribution is 2.47. The van der Waals surface area contributed by atoms with Crippen LogP contribution in [0.3, 0.4) is 0 Å². The van der Waals surface area contributed by atoms with Gasteiger partial charge in [0.2, 0.25) is 0 Å². The third-order valence-corrected chi connectivity index (χ3v) is 6.13. The van der Waals surface area contributed by atoms with Crippen molar-refractivity contribution < 1.29 is 18.7 Å². The van der Waals surface area contributed by atoms with Gasteiger partial charge in [0.1, 0.15) is 28.4 Å². The number of fused-ring (bicyclic) bond motifs is 1. The Morgan fingerprint density at radius 1 is 1.23 bits per heavy atom. The number of H-pyrrole nitrogens is 1. The van der Waals surface area contributed by atoms with Crippen molar-refractivity contribution in [1.82, 2.24) is 29.9 Å². The predicted octanol–water partition coefficient (Wildman–Crippen LogP) is 2.68. The lowest BCUT2D eigenvalue weighted by molar-refractivity contribution is -0.146. The zero-order chi connectivity index (χ0) is 24.7. The van der Waals surface area contributed by atoms with Crippen LogP contribution in [-0.4, -0.2) is 49.6 Å². The topological polar surface area (TPSA) is 125 Å². The molecule has 3 aromatic heterocycles. The first-order chi connectivity index (χ1) is 16.9. The molecule has 0 atom stereocenters. The maximum atomic E-state index is 14.5. The molecular weight excluding hydrogens is 455 g/mol. The van der Waals surface area contributed by atoms with Crippen LogP contribution < -0.4 is 10.3 Å². The zero-order valence-electron chi connectivity index (χ0n) is 19.5. The first kappa shape index (κ1) is 22.6. The second-order valence-corrected chi connectivity index (χ2v) is 8.44. The van der Waals surface area contributed by atoms with Crippen molar-refractivity contribution in [2.45, 2.75) is 38.6 Å². The molecule has 0 spiro atoms. The lowest BCUT2D eigenvalue weighted by atomic mass is 10.0. The van der Waals surface area contributed by atoms with E-state index in [9.17, 15) is 14.0 Å². The number of halogens is 1. The number of carbonyl (C=O) groups excluding carboxylic acids is 1. The number of carbonyl (C=O) groups is 1. The second-order valence-electron chi connectivity index (χ2n) is 8.44. The van der Waals surface area contributed by atoms with E-state index < -0.39 is 22.8 Å². The Bertz CT molecular complexity index is 1490. The molecule has 1 saturated carbocycles. The van der Waals surface area contributed by atoms with E-state index in [-0.39, 0.29) is 29.5 Å². The van der Waals surface area contributed by atoms with Gasteiger partial charge in [-0.15, -0.1) is 10.2 Å². The van der Waals surface area contributed by atoms with Crippen LogP contribution in [0.2, 0.25) is 0 Å². The first-order valence-corrected chi connectivity index (χ1v) is 11.2. The highest BCUT2D eigenvalue weighted by atomic mass is 19.1. The molecule has 1 N–H and O–H groups in total. The van der Waals surface area contributed by atoms with Crippen LogP contribution in [0.15, 0.2) is 35.1 Å². The minimum absolute atomic E-state index is 0.0156. The molecule has 1 aliphatic carbocycles. The Morgan fingerprint density at radius 2 is 1.97 bits per heavy atom. The van der Waals surface area contributed by atoms with Crippen LogP contribution in [0.4, 0.5) is 4.39 Å². The van der Waals surface area contributed by atoms with Crippen molar-refractivity contribution >= 4 is 17.0 Å². The molecular formula is C24H23FN6O4. The highest BCUT2D eigenvalue weighted by Gasteiger charge is 2.56. The average molecular weight is 478 g/mol. The normalized spacial score (nSPS) is 14.2. The number of aryl methyl sites for hydroxylation is 1. The van der Waals surface area contributed by atoms with Crippen molar-refractivity contribution in [1.29, 1.82) is 0 Å². The Balaban J connectivity index is 1.57. The fourth-order valence-electron chi connectivity index (χ4n) is 4.04. The average Bonchev–Trinajstić information content (AvgIpc) is 3.59. The standard InChI is InChI=1S/C24H23FN6O4/c1-4-35-23(33)24(9-10-24)19-22(32)27-20(29-28-19)18-16-11-17(25)13(2)26-21(16)31(30-18)12-14-5-7-15(34-3)8-6-14/h5-8,11H,4,9-10,12H2,1-3H3,(H,27,29,32). The molecule has 0 saturated heterocycles. The summed E-state index contributed by atoms with van der Waals surface area (Å²) in [4.78, 5) is 32.4. The molecule has 5 rings (SSSR count). The summed E-state index contributed by atoms with van der Waals surface area (Å²) in [5, 5.41) is 13.2. The van der Waals surface area contributed by atoms with E-state index in [1.165, 1.54) is 6.07 Å². The van der Waals surface area contributed by atoms with Gasteiger partial charge in [0.05, 0.1) is 31.3 Å². The van der Waals surface area contributed by atoms with Crippen molar-refractivity contribution in [3.63, 3.8) is 0 Å². The number of hydrogen-bond acceptors (Lipinski definition) is 8. The summed E-state index contributed by atoms with van der Waals surface area (Å²) in [5.74, 6) is -0.209. The van der Waals surface area contributed by atoms with Crippen molar-refractivity contribution in [2.75, 3.05) is 13.7 Å². The molecule has 180 valence electrons. The van der Waals surface area contributed by atoms with Gasteiger partial charge >= 0.3 is 5.97 Å². The van der Waals surface area contributed by atoms with Crippen LogP contribution in [0.5, 0.6) is 5.75 Å². The minimum Gasteiger partial charge on any atom is -0.497 e. The number of aromatic amines is 1.